The Morgan fingerprint density at radius 1 is 1.41 bits per heavy atom. The van der Waals surface area contributed by atoms with E-state index in [1.165, 1.54) is 0 Å². The topological polar surface area (TPSA) is 71.3 Å². The first-order valence-electron chi connectivity index (χ1n) is 7.23. The van der Waals surface area contributed by atoms with Crippen LogP contribution in [0.1, 0.15) is 32.8 Å². The maximum Gasteiger partial charge on any atom is 0.257 e. The molecular weight excluding hydrogens is 348 g/mol. The Labute approximate surface area is 139 Å². The monoisotopic (exact) mass is 368 g/mol. The van der Waals surface area contributed by atoms with Gasteiger partial charge in [0, 0.05) is 12.6 Å². The molecule has 0 radical (unpaired) electrons. The van der Waals surface area contributed by atoms with Crippen molar-refractivity contribution in [2.75, 3.05) is 19.8 Å². The minimum absolute atomic E-state index is 0.0946. The molecule has 0 heterocycles. The van der Waals surface area contributed by atoms with E-state index >= 15 is 0 Å². The molecule has 120 valence electrons. The van der Waals surface area contributed by atoms with Crippen LogP contribution in [-0.4, -0.2) is 25.7 Å². The number of rotatable bonds is 8. The van der Waals surface area contributed by atoms with Gasteiger partial charge in [-0.3, -0.25) is 4.79 Å². The number of benzene rings is 1. The van der Waals surface area contributed by atoms with E-state index in [1.807, 2.05) is 6.92 Å². The van der Waals surface area contributed by atoms with Crippen molar-refractivity contribution < 1.29 is 14.3 Å². The van der Waals surface area contributed by atoms with E-state index in [4.69, 9.17) is 14.7 Å². The summed E-state index contributed by atoms with van der Waals surface area (Å²) in [6, 6.07) is 5.28. The molecule has 0 aliphatic rings. The Morgan fingerprint density at radius 3 is 2.73 bits per heavy atom. The van der Waals surface area contributed by atoms with Crippen molar-refractivity contribution >= 4 is 21.8 Å². The molecule has 0 atom stereocenters. The molecule has 1 amide bonds. The molecule has 1 N–H and O–H groups in total. The van der Waals surface area contributed by atoms with E-state index in [0.717, 1.165) is 6.42 Å². The SMILES string of the molecule is CCOc1cc(C#N)cc(Br)c1OCC(=O)NCCC(C)C. The molecule has 0 saturated carbocycles. The molecule has 0 aromatic heterocycles. The number of carbonyl (C=O) groups is 1. The molecule has 1 rings (SSSR count). The van der Waals surface area contributed by atoms with Gasteiger partial charge in [0.2, 0.25) is 0 Å². The quantitative estimate of drug-likeness (QED) is 0.764. The molecule has 0 aliphatic carbocycles. The Bertz CT molecular complexity index is 553. The Hall–Kier alpha value is -1.74. The summed E-state index contributed by atoms with van der Waals surface area (Å²) in [5.41, 5.74) is 0.462. The molecule has 0 saturated heterocycles. The van der Waals surface area contributed by atoms with Gasteiger partial charge >= 0.3 is 0 Å². The third-order valence-electron chi connectivity index (χ3n) is 2.83. The predicted molar refractivity (Wildman–Crippen MR) is 88.0 cm³/mol. The second kappa shape index (κ2) is 9.31. The van der Waals surface area contributed by atoms with Gasteiger partial charge < -0.3 is 14.8 Å². The van der Waals surface area contributed by atoms with Crippen molar-refractivity contribution in [2.24, 2.45) is 5.92 Å². The number of nitrogens with zero attached hydrogens (tertiary/aromatic N) is 1. The molecule has 5 nitrogen and oxygen atoms in total. The van der Waals surface area contributed by atoms with Crippen molar-refractivity contribution in [3.63, 3.8) is 0 Å². The second-order valence-corrected chi connectivity index (χ2v) is 6.01. The molecule has 1 aromatic carbocycles. The first-order chi connectivity index (χ1) is 10.5. The lowest BCUT2D eigenvalue weighted by atomic mass is 10.1. The number of nitriles is 1. The zero-order valence-electron chi connectivity index (χ0n) is 13.1. The van der Waals surface area contributed by atoms with Crippen LogP contribution in [0.5, 0.6) is 11.5 Å². The summed E-state index contributed by atoms with van der Waals surface area (Å²) in [7, 11) is 0. The standard InChI is InChI=1S/C16H21BrN2O3/c1-4-21-14-8-12(9-18)7-13(17)16(14)22-10-15(20)19-6-5-11(2)3/h7-8,11H,4-6,10H2,1-3H3,(H,19,20). The van der Waals surface area contributed by atoms with Crippen LogP contribution in [0.15, 0.2) is 16.6 Å². The summed E-state index contributed by atoms with van der Waals surface area (Å²) < 4.78 is 11.6. The Morgan fingerprint density at radius 2 is 2.14 bits per heavy atom. The number of hydrogen-bond donors (Lipinski definition) is 1. The smallest absolute Gasteiger partial charge is 0.257 e. The molecule has 1 aromatic rings. The highest BCUT2D eigenvalue weighted by atomic mass is 79.9. The number of ether oxygens (including phenoxy) is 2. The lowest BCUT2D eigenvalue weighted by Crippen LogP contribution is -2.30. The Kier molecular flexibility index (Phi) is 7.75. The van der Waals surface area contributed by atoms with Crippen LogP contribution in [0.3, 0.4) is 0 Å². The van der Waals surface area contributed by atoms with Gasteiger partial charge in [0.25, 0.3) is 5.91 Å². The van der Waals surface area contributed by atoms with Crippen LogP contribution >= 0.6 is 15.9 Å². The van der Waals surface area contributed by atoms with Crippen molar-refractivity contribution in [3.8, 4) is 17.6 Å². The van der Waals surface area contributed by atoms with Crippen LogP contribution < -0.4 is 14.8 Å². The second-order valence-electron chi connectivity index (χ2n) is 5.15. The van der Waals surface area contributed by atoms with E-state index in [2.05, 4.69) is 41.2 Å². The van der Waals surface area contributed by atoms with E-state index in [1.54, 1.807) is 12.1 Å². The maximum atomic E-state index is 11.8. The average molecular weight is 369 g/mol. The fourth-order valence-electron chi connectivity index (χ4n) is 1.72. The van der Waals surface area contributed by atoms with Crippen molar-refractivity contribution in [1.82, 2.24) is 5.32 Å². The molecule has 0 bridgehead atoms. The van der Waals surface area contributed by atoms with Crippen molar-refractivity contribution in [3.05, 3.63) is 22.2 Å². The van der Waals surface area contributed by atoms with E-state index in [0.29, 0.717) is 40.6 Å². The number of hydrogen-bond acceptors (Lipinski definition) is 4. The molecule has 0 aliphatic heterocycles. The molecule has 0 fully saturated rings. The molecule has 22 heavy (non-hydrogen) atoms. The van der Waals surface area contributed by atoms with Gasteiger partial charge in [0.15, 0.2) is 18.1 Å². The molecule has 0 unspecified atom stereocenters. The number of nitrogens with one attached hydrogen (secondary N) is 1. The van der Waals surface area contributed by atoms with Gasteiger partial charge in [-0.15, -0.1) is 0 Å². The predicted octanol–water partition coefficient (Wildman–Crippen LogP) is 3.26. The van der Waals surface area contributed by atoms with Crippen LogP contribution in [0.2, 0.25) is 0 Å². The van der Waals surface area contributed by atoms with E-state index < -0.39 is 0 Å². The van der Waals surface area contributed by atoms with Gasteiger partial charge in [-0.05, 0) is 41.3 Å². The van der Waals surface area contributed by atoms with Gasteiger partial charge in [-0.1, -0.05) is 13.8 Å². The summed E-state index contributed by atoms with van der Waals surface area (Å²) in [5.74, 6) is 1.24. The average Bonchev–Trinajstić information content (AvgIpc) is 2.46. The van der Waals surface area contributed by atoms with Crippen LogP contribution in [0.4, 0.5) is 0 Å². The fraction of sp³-hybridized carbons (Fsp3) is 0.500. The van der Waals surface area contributed by atoms with Gasteiger partial charge in [0.1, 0.15) is 0 Å². The summed E-state index contributed by atoms with van der Waals surface area (Å²) >= 11 is 3.34. The first-order valence-corrected chi connectivity index (χ1v) is 8.03. The maximum absolute atomic E-state index is 11.8. The van der Waals surface area contributed by atoms with Crippen molar-refractivity contribution in [1.29, 1.82) is 5.26 Å². The van der Waals surface area contributed by atoms with Crippen LogP contribution in [0.25, 0.3) is 0 Å². The van der Waals surface area contributed by atoms with E-state index in [-0.39, 0.29) is 12.5 Å². The number of carbonyl (C=O) groups excluding carboxylic acids is 1. The fourth-order valence-corrected chi connectivity index (χ4v) is 2.28. The lowest BCUT2D eigenvalue weighted by Gasteiger charge is -2.14. The first kappa shape index (κ1) is 18.3. The van der Waals surface area contributed by atoms with Crippen molar-refractivity contribution in [2.45, 2.75) is 27.2 Å². The molecule has 6 heteroatoms. The third kappa shape index (κ3) is 5.94. The zero-order chi connectivity index (χ0) is 16.5. The highest BCUT2D eigenvalue weighted by Crippen LogP contribution is 2.36. The summed E-state index contributed by atoms with van der Waals surface area (Å²) in [6.45, 7) is 7.03. The molecular formula is C16H21BrN2O3. The largest absolute Gasteiger partial charge is 0.490 e. The Balaban J connectivity index is 2.68. The molecule has 0 spiro atoms. The minimum Gasteiger partial charge on any atom is -0.490 e. The van der Waals surface area contributed by atoms with Gasteiger partial charge in [-0.2, -0.15) is 5.26 Å². The van der Waals surface area contributed by atoms with Gasteiger partial charge in [-0.25, -0.2) is 0 Å². The zero-order valence-corrected chi connectivity index (χ0v) is 14.7. The summed E-state index contributed by atoms with van der Waals surface area (Å²) in [6.07, 6.45) is 0.927. The minimum atomic E-state index is -0.181. The third-order valence-corrected chi connectivity index (χ3v) is 3.42. The highest BCUT2D eigenvalue weighted by Gasteiger charge is 2.14. The summed E-state index contributed by atoms with van der Waals surface area (Å²) in [5, 5.41) is 11.8. The lowest BCUT2D eigenvalue weighted by molar-refractivity contribution is -0.123. The normalized spacial score (nSPS) is 10.2. The van der Waals surface area contributed by atoms with Crippen LogP contribution in [-0.2, 0) is 4.79 Å². The summed E-state index contributed by atoms with van der Waals surface area (Å²) in [4.78, 5) is 11.8. The van der Waals surface area contributed by atoms with Gasteiger partial charge in [0.05, 0.1) is 22.7 Å². The van der Waals surface area contributed by atoms with E-state index in [9.17, 15) is 4.79 Å². The highest BCUT2D eigenvalue weighted by molar-refractivity contribution is 9.10. The number of amides is 1. The number of halogens is 1. The van der Waals surface area contributed by atoms with Crippen LogP contribution in [0, 0.1) is 17.2 Å².